The van der Waals surface area contributed by atoms with Crippen molar-refractivity contribution < 1.29 is 21.8 Å². The Morgan fingerprint density at radius 2 is 1.75 bits per heavy atom. The summed E-state index contributed by atoms with van der Waals surface area (Å²) < 4.78 is 59.0. The average molecular weight is 307 g/mol. The minimum absolute atomic E-state index is 0.0556. The van der Waals surface area contributed by atoms with Crippen molar-refractivity contribution in [3.8, 4) is 0 Å². The van der Waals surface area contributed by atoms with Gasteiger partial charge < -0.3 is 5.73 Å². The van der Waals surface area contributed by atoms with Crippen LogP contribution in [0.2, 0.25) is 0 Å². The first-order valence-corrected chi connectivity index (χ1v) is 7.89. The topological polar surface area (TPSA) is 80.4 Å². The van der Waals surface area contributed by atoms with E-state index in [2.05, 4.69) is 0 Å². The lowest BCUT2D eigenvalue weighted by Crippen LogP contribution is -2.13. The van der Waals surface area contributed by atoms with Crippen LogP contribution in [0, 0.1) is 18.6 Å². The van der Waals surface area contributed by atoms with E-state index in [1.807, 2.05) is 6.92 Å². The van der Waals surface area contributed by atoms with E-state index in [1.165, 1.54) is 6.92 Å². The Labute approximate surface area is 117 Å². The Kier molecular flexibility index (Phi) is 5.47. The van der Waals surface area contributed by atoms with E-state index < -0.39 is 32.3 Å². The lowest BCUT2D eigenvalue weighted by Gasteiger charge is -2.15. The van der Waals surface area contributed by atoms with E-state index in [-0.39, 0.29) is 17.5 Å². The first-order chi connectivity index (χ1) is 9.21. The van der Waals surface area contributed by atoms with Crippen LogP contribution in [0.5, 0.6) is 0 Å². The van der Waals surface area contributed by atoms with E-state index in [0.29, 0.717) is 6.42 Å². The normalized spacial score (nSPS) is 11.8. The van der Waals surface area contributed by atoms with Crippen LogP contribution in [-0.2, 0) is 16.5 Å². The second kappa shape index (κ2) is 6.49. The van der Waals surface area contributed by atoms with Crippen LogP contribution in [0.15, 0.2) is 4.90 Å². The van der Waals surface area contributed by atoms with Gasteiger partial charge in [-0.25, -0.2) is 8.78 Å². The van der Waals surface area contributed by atoms with Gasteiger partial charge in [-0.2, -0.15) is 8.42 Å². The van der Waals surface area contributed by atoms with Crippen molar-refractivity contribution in [2.75, 3.05) is 5.73 Å². The molecule has 0 aliphatic heterocycles. The molecular formula is C13H19F2NO3S. The number of unbranched alkanes of at least 4 members (excludes halogenated alkanes) is 3. The lowest BCUT2D eigenvalue weighted by atomic mass is 9.99. The minimum Gasteiger partial charge on any atom is -0.396 e. The number of hydrogen-bond acceptors (Lipinski definition) is 3. The Balaban J connectivity index is 3.33. The lowest BCUT2D eigenvalue weighted by molar-refractivity contribution is 0.450. The summed E-state index contributed by atoms with van der Waals surface area (Å²) in [6.45, 7) is 3.44. The summed E-state index contributed by atoms with van der Waals surface area (Å²) in [5, 5.41) is 0. The van der Waals surface area contributed by atoms with E-state index in [0.717, 1.165) is 19.3 Å². The third kappa shape index (κ3) is 3.46. The zero-order valence-electron chi connectivity index (χ0n) is 11.5. The predicted octanol–water partition coefficient (Wildman–Crippen LogP) is 3.22. The zero-order chi connectivity index (χ0) is 15.5. The molecule has 20 heavy (non-hydrogen) atoms. The molecule has 0 radical (unpaired) electrons. The summed E-state index contributed by atoms with van der Waals surface area (Å²) in [6.07, 6.45) is 3.62. The van der Waals surface area contributed by atoms with Gasteiger partial charge in [0.25, 0.3) is 10.1 Å². The molecule has 0 saturated heterocycles. The molecule has 0 aliphatic rings. The van der Waals surface area contributed by atoms with Crippen molar-refractivity contribution in [3.63, 3.8) is 0 Å². The van der Waals surface area contributed by atoms with Crippen molar-refractivity contribution in [2.45, 2.75) is 50.8 Å². The quantitative estimate of drug-likeness (QED) is 0.480. The van der Waals surface area contributed by atoms with Crippen LogP contribution in [0.3, 0.4) is 0 Å². The van der Waals surface area contributed by atoms with Crippen LogP contribution in [0.1, 0.15) is 43.7 Å². The van der Waals surface area contributed by atoms with Gasteiger partial charge in [0.15, 0.2) is 11.6 Å². The summed E-state index contributed by atoms with van der Waals surface area (Å²) in [5.74, 6) is -3.05. The second-order valence-electron chi connectivity index (χ2n) is 4.76. The van der Waals surface area contributed by atoms with Gasteiger partial charge in [0.1, 0.15) is 4.90 Å². The number of benzene rings is 1. The fourth-order valence-corrected chi connectivity index (χ4v) is 3.03. The predicted molar refractivity (Wildman–Crippen MR) is 73.2 cm³/mol. The Bertz CT molecular complexity index is 600. The van der Waals surface area contributed by atoms with Crippen molar-refractivity contribution in [1.82, 2.24) is 0 Å². The van der Waals surface area contributed by atoms with Crippen molar-refractivity contribution in [1.29, 1.82) is 0 Å². The molecule has 114 valence electrons. The van der Waals surface area contributed by atoms with E-state index in [1.54, 1.807) is 0 Å². The van der Waals surface area contributed by atoms with Crippen LogP contribution in [0.25, 0.3) is 0 Å². The zero-order valence-corrected chi connectivity index (χ0v) is 12.4. The number of nitrogen functional groups attached to an aromatic ring is 1. The molecule has 0 heterocycles. The molecule has 0 amide bonds. The molecule has 0 fully saturated rings. The highest BCUT2D eigenvalue weighted by Crippen LogP contribution is 2.32. The molecule has 1 rings (SSSR count). The SMILES string of the molecule is CCCCCCc1c(C)c(N)c(F)c(F)c1S(=O)(=O)O. The Hall–Kier alpha value is -1.21. The van der Waals surface area contributed by atoms with Crippen LogP contribution < -0.4 is 5.73 Å². The summed E-state index contributed by atoms with van der Waals surface area (Å²) >= 11 is 0. The summed E-state index contributed by atoms with van der Waals surface area (Å²) in [5.41, 5.74) is 5.23. The Morgan fingerprint density at radius 3 is 2.25 bits per heavy atom. The molecule has 0 saturated carbocycles. The molecule has 0 unspecified atom stereocenters. The van der Waals surface area contributed by atoms with Gasteiger partial charge in [0.2, 0.25) is 0 Å². The standard InChI is InChI=1S/C13H19F2NO3S/c1-3-4-5-6-7-9-8(2)12(16)10(14)11(15)13(9)20(17,18)19/h3-7,16H2,1-2H3,(H,17,18,19). The number of halogens is 2. The third-order valence-corrected chi connectivity index (χ3v) is 4.24. The maximum atomic E-state index is 13.8. The van der Waals surface area contributed by atoms with Gasteiger partial charge in [-0.1, -0.05) is 26.2 Å². The fraction of sp³-hybridized carbons (Fsp3) is 0.538. The molecule has 3 N–H and O–H groups in total. The van der Waals surface area contributed by atoms with Gasteiger partial charge in [-0.15, -0.1) is 0 Å². The second-order valence-corrected chi connectivity index (χ2v) is 6.12. The smallest absolute Gasteiger partial charge is 0.297 e. The summed E-state index contributed by atoms with van der Waals surface area (Å²) in [7, 11) is -4.84. The number of hydrogen-bond donors (Lipinski definition) is 2. The summed E-state index contributed by atoms with van der Waals surface area (Å²) in [6, 6.07) is 0. The largest absolute Gasteiger partial charge is 0.396 e. The molecule has 0 aliphatic carbocycles. The molecule has 0 bridgehead atoms. The minimum atomic E-state index is -4.84. The molecule has 0 spiro atoms. The molecule has 1 aromatic carbocycles. The van der Waals surface area contributed by atoms with Gasteiger partial charge in [-0.05, 0) is 30.9 Å². The maximum Gasteiger partial charge on any atom is 0.297 e. The monoisotopic (exact) mass is 307 g/mol. The summed E-state index contributed by atoms with van der Waals surface area (Å²) in [4.78, 5) is -0.988. The number of anilines is 1. The molecule has 0 atom stereocenters. The van der Waals surface area contributed by atoms with E-state index in [4.69, 9.17) is 10.3 Å². The van der Waals surface area contributed by atoms with E-state index >= 15 is 0 Å². The van der Waals surface area contributed by atoms with Gasteiger partial charge >= 0.3 is 0 Å². The van der Waals surface area contributed by atoms with Crippen LogP contribution in [0.4, 0.5) is 14.5 Å². The van der Waals surface area contributed by atoms with Crippen LogP contribution in [-0.4, -0.2) is 13.0 Å². The van der Waals surface area contributed by atoms with Gasteiger partial charge in [0.05, 0.1) is 5.69 Å². The van der Waals surface area contributed by atoms with Gasteiger partial charge in [0, 0.05) is 0 Å². The molecule has 0 aromatic heterocycles. The molecular weight excluding hydrogens is 288 g/mol. The van der Waals surface area contributed by atoms with E-state index in [9.17, 15) is 17.2 Å². The average Bonchev–Trinajstić information content (AvgIpc) is 2.36. The molecule has 7 heteroatoms. The highest BCUT2D eigenvalue weighted by molar-refractivity contribution is 7.85. The number of nitrogens with two attached hydrogens (primary N) is 1. The third-order valence-electron chi connectivity index (χ3n) is 3.30. The molecule has 1 aromatic rings. The maximum absolute atomic E-state index is 13.8. The van der Waals surface area contributed by atoms with Crippen LogP contribution >= 0.6 is 0 Å². The highest BCUT2D eigenvalue weighted by atomic mass is 32.2. The fourth-order valence-electron chi connectivity index (χ4n) is 2.15. The highest BCUT2D eigenvalue weighted by Gasteiger charge is 2.28. The van der Waals surface area contributed by atoms with Crippen molar-refractivity contribution in [3.05, 3.63) is 22.8 Å². The first-order valence-electron chi connectivity index (χ1n) is 6.45. The van der Waals surface area contributed by atoms with Gasteiger partial charge in [-0.3, -0.25) is 4.55 Å². The Morgan fingerprint density at radius 1 is 1.15 bits per heavy atom. The van der Waals surface area contributed by atoms with Crippen molar-refractivity contribution >= 4 is 15.8 Å². The van der Waals surface area contributed by atoms with Crippen molar-refractivity contribution in [2.24, 2.45) is 0 Å². The first kappa shape index (κ1) is 16.8. The number of rotatable bonds is 6. The molecule has 4 nitrogen and oxygen atoms in total.